The lowest BCUT2D eigenvalue weighted by Crippen LogP contribution is -2.16. The molecule has 0 saturated carbocycles. The van der Waals surface area contributed by atoms with Crippen molar-refractivity contribution in [3.63, 3.8) is 0 Å². The van der Waals surface area contributed by atoms with Gasteiger partial charge in [-0.25, -0.2) is 8.42 Å². The number of hydrogen-bond donors (Lipinski definition) is 2. The van der Waals surface area contributed by atoms with Gasteiger partial charge in [0.1, 0.15) is 0 Å². The van der Waals surface area contributed by atoms with E-state index in [4.69, 9.17) is 0 Å². The van der Waals surface area contributed by atoms with Crippen LogP contribution >= 0.6 is 0 Å². The highest BCUT2D eigenvalue weighted by Crippen LogP contribution is 2.30. The second-order valence-corrected chi connectivity index (χ2v) is 7.14. The van der Waals surface area contributed by atoms with E-state index in [0.717, 1.165) is 17.8 Å². The predicted octanol–water partition coefficient (Wildman–Crippen LogP) is 3.49. The largest absolute Gasteiger partial charge is 0.416 e. The first-order chi connectivity index (χ1) is 10.6. The lowest BCUT2D eigenvalue weighted by atomic mass is 10.1. The maximum atomic E-state index is 12.6. The molecule has 2 N–H and O–H groups in total. The fraction of sp³-hybridized carbons (Fsp3) is 0.357. The summed E-state index contributed by atoms with van der Waals surface area (Å²) < 4.78 is 64.3. The van der Waals surface area contributed by atoms with Crippen LogP contribution in [0.1, 0.15) is 36.6 Å². The number of aromatic amines is 1. The number of nitrogens with one attached hydrogen (secondary N) is 2. The van der Waals surface area contributed by atoms with Gasteiger partial charge in [0.05, 0.1) is 11.3 Å². The van der Waals surface area contributed by atoms with Crippen molar-refractivity contribution in [2.24, 2.45) is 0 Å². The Balaban J connectivity index is 2.15. The van der Waals surface area contributed by atoms with Gasteiger partial charge in [-0.3, -0.25) is 9.82 Å². The van der Waals surface area contributed by atoms with Gasteiger partial charge < -0.3 is 0 Å². The molecule has 9 heteroatoms. The number of hydrogen-bond acceptors (Lipinski definition) is 3. The monoisotopic (exact) mass is 347 g/mol. The maximum absolute atomic E-state index is 12.6. The number of alkyl halides is 3. The minimum atomic E-state index is -4.51. The number of rotatable bonds is 5. The van der Waals surface area contributed by atoms with Crippen LogP contribution in [0.15, 0.2) is 30.3 Å². The third kappa shape index (κ3) is 4.72. The van der Waals surface area contributed by atoms with Crippen LogP contribution in [0.25, 0.3) is 0 Å². The number of benzene rings is 1. The highest BCUT2D eigenvalue weighted by molar-refractivity contribution is 7.91. The fourth-order valence-corrected chi connectivity index (χ4v) is 3.05. The van der Waals surface area contributed by atoms with Crippen LogP contribution in [0.3, 0.4) is 0 Å². The van der Waals surface area contributed by atoms with Crippen molar-refractivity contribution in [1.29, 1.82) is 0 Å². The summed E-state index contributed by atoms with van der Waals surface area (Å²) in [4.78, 5) is 0. The summed E-state index contributed by atoms with van der Waals surface area (Å²) in [5, 5.41) is 6.52. The summed E-state index contributed by atoms with van der Waals surface area (Å²) in [6, 6.07) is 5.78. The lowest BCUT2D eigenvalue weighted by molar-refractivity contribution is -0.137. The van der Waals surface area contributed by atoms with Crippen LogP contribution in [0, 0.1) is 0 Å². The second kappa shape index (κ2) is 6.23. The lowest BCUT2D eigenvalue weighted by Gasteiger charge is -2.09. The van der Waals surface area contributed by atoms with Crippen molar-refractivity contribution in [3.8, 4) is 0 Å². The van der Waals surface area contributed by atoms with Crippen LogP contribution in [-0.4, -0.2) is 18.6 Å². The van der Waals surface area contributed by atoms with Crippen molar-refractivity contribution in [2.45, 2.75) is 31.7 Å². The Morgan fingerprint density at radius 2 is 1.96 bits per heavy atom. The number of aromatic nitrogens is 2. The van der Waals surface area contributed by atoms with E-state index in [9.17, 15) is 21.6 Å². The molecule has 0 atom stereocenters. The van der Waals surface area contributed by atoms with Crippen molar-refractivity contribution in [3.05, 3.63) is 47.2 Å². The summed E-state index contributed by atoms with van der Waals surface area (Å²) in [7, 11) is -3.86. The highest BCUT2D eigenvalue weighted by atomic mass is 32.2. The Hall–Kier alpha value is -2.03. The van der Waals surface area contributed by atoms with E-state index < -0.39 is 27.5 Å². The molecule has 126 valence electrons. The standard InChI is InChI=1S/C14H16F3N3O2S/c1-9(2)12-7-13(19-18-12)20-23(21,22)8-10-4-3-5-11(6-10)14(15,16)17/h3-7,9H,8H2,1-2H3,(H2,18,19,20). The maximum Gasteiger partial charge on any atom is 0.416 e. The number of halogens is 3. The van der Waals surface area contributed by atoms with Gasteiger partial charge in [0.25, 0.3) is 0 Å². The van der Waals surface area contributed by atoms with E-state index in [1.165, 1.54) is 12.1 Å². The van der Waals surface area contributed by atoms with Crippen molar-refractivity contribution in [1.82, 2.24) is 10.2 Å². The molecule has 0 aliphatic heterocycles. The molecular formula is C14H16F3N3O2S. The van der Waals surface area contributed by atoms with Crippen molar-refractivity contribution >= 4 is 15.8 Å². The molecule has 0 unspecified atom stereocenters. The average Bonchev–Trinajstić information content (AvgIpc) is 2.85. The quantitative estimate of drug-likeness (QED) is 0.869. The van der Waals surface area contributed by atoms with Crippen LogP contribution in [0.2, 0.25) is 0 Å². The van der Waals surface area contributed by atoms with Gasteiger partial charge in [0.15, 0.2) is 5.82 Å². The van der Waals surface area contributed by atoms with Gasteiger partial charge in [0, 0.05) is 11.8 Å². The third-order valence-corrected chi connectivity index (χ3v) is 4.32. The molecular weight excluding hydrogens is 331 g/mol. The average molecular weight is 347 g/mol. The van der Waals surface area contributed by atoms with Crippen molar-refractivity contribution in [2.75, 3.05) is 4.72 Å². The Labute approximate surface area is 132 Å². The minimum Gasteiger partial charge on any atom is -0.280 e. The Bertz CT molecular complexity index is 783. The molecule has 0 amide bonds. The zero-order valence-electron chi connectivity index (χ0n) is 12.5. The SMILES string of the molecule is CC(C)c1cc(NS(=O)(=O)Cc2cccc(C(F)(F)F)c2)n[nH]1. The fourth-order valence-electron chi connectivity index (χ4n) is 1.94. The molecule has 0 aliphatic carbocycles. The molecule has 0 radical (unpaired) electrons. The summed E-state index contributed by atoms with van der Waals surface area (Å²) in [5.74, 6) is -0.314. The van der Waals surface area contributed by atoms with E-state index >= 15 is 0 Å². The van der Waals surface area contributed by atoms with Gasteiger partial charge in [-0.15, -0.1) is 0 Å². The topological polar surface area (TPSA) is 74.8 Å². The van der Waals surface area contributed by atoms with E-state index in [2.05, 4.69) is 14.9 Å². The molecule has 0 fully saturated rings. The van der Waals surface area contributed by atoms with Gasteiger partial charge >= 0.3 is 6.18 Å². The first-order valence-electron chi connectivity index (χ1n) is 6.79. The second-order valence-electron chi connectivity index (χ2n) is 5.42. The molecule has 0 aliphatic rings. The first kappa shape index (κ1) is 17.3. The third-order valence-electron chi connectivity index (χ3n) is 3.09. The van der Waals surface area contributed by atoms with Crippen LogP contribution in [0.4, 0.5) is 19.0 Å². The predicted molar refractivity (Wildman–Crippen MR) is 80.4 cm³/mol. The molecule has 0 saturated heterocycles. The minimum absolute atomic E-state index is 0.0481. The van der Waals surface area contributed by atoms with E-state index in [-0.39, 0.29) is 17.3 Å². The molecule has 0 bridgehead atoms. The Morgan fingerprint density at radius 1 is 1.26 bits per heavy atom. The Kier molecular flexibility index (Phi) is 4.69. The highest BCUT2D eigenvalue weighted by Gasteiger charge is 2.30. The van der Waals surface area contributed by atoms with Crippen LogP contribution < -0.4 is 4.72 Å². The normalized spacial score (nSPS) is 12.6. The van der Waals surface area contributed by atoms with Gasteiger partial charge in [-0.1, -0.05) is 32.0 Å². The van der Waals surface area contributed by atoms with Gasteiger partial charge in [-0.2, -0.15) is 18.3 Å². The van der Waals surface area contributed by atoms with Crippen LogP contribution in [-0.2, 0) is 22.0 Å². The van der Waals surface area contributed by atoms with E-state index in [1.807, 2.05) is 13.8 Å². The summed E-state index contributed by atoms with van der Waals surface area (Å²) >= 11 is 0. The van der Waals surface area contributed by atoms with Gasteiger partial charge in [0.2, 0.25) is 10.0 Å². The van der Waals surface area contributed by atoms with E-state index in [0.29, 0.717) is 0 Å². The molecule has 2 aromatic rings. The Morgan fingerprint density at radius 3 is 2.52 bits per heavy atom. The molecule has 1 aromatic carbocycles. The number of sulfonamides is 1. The zero-order valence-corrected chi connectivity index (χ0v) is 13.3. The molecule has 5 nitrogen and oxygen atoms in total. The molecule has 0 spiro atoms. The molecule has 1 aromatic heterocycles. The first-order valence-corrected chi connectivity index (χ1v) is 8.44. The van der Waals surface area contributed by atoms with Gasteiger partial charge in [-0.05, 0) is 17.5 Å². The molecule has 23 heavy (non-hydrogen) atoms. The molecule has 2 rings (SSSR count). The number of anilines is 1. The smallest absolute Gasteiger partial charge is 0.280 e. The summed E-state index contributed by atoms with van der Waals surface area (Å²) in [6.45, 7) is 3.82. The molecule has 1 heterocycles. The summed E-state index contributed by atoms with van der Waals surface area (Å²) in [5.41, 5.74) is -0.0826. The summed E-state index contributed by atoms with van der Waals surface area (Å²) in [6.07, 6.45) is -4.51. The zero-order chi connectivity index (χ0) is 17.3. The van der Waals surface area contributed by atoms with E-state index in [1.54, 1.807) is 6.07 Å². The van der Waals surface area contributed by atoms with Crippen LogP contribution in [0.5, 0.6) is 0 Å². The number of nitrogens with zero attached hydrogens (tertiary/aromatic N) is 1. The van der Waals surface area contributed by atoms with Crippen molar-refractivity contribution < 1.29 is 21.6 Å². The number of H-pyrrole nitrogens is 1.